The summed E-state index contributed by atoms with van der Waals surface area (Å²) in [6, 6.07) is 8.48. The molecule has 0 bridgehead atoms. The van der Waals surface area contributed by atoms with Crippen LogP contribution in [-0.2, 0) is 23.2 Å². The van der Waals surface area contributed by atoms with Gasteiger partial charge in [-0.1, -0.05) is 44.2 Å². The quantitative estimate of drug-likeness (QED) is 0.800. The van der Waals surface area contributed by atoms with E-state index in [-0.39, 0.29) is 24.3 Å². The van der Waals surface area contributed by atoms with Gasteiger partial charge in [-0.2, -0.15) is 0 Å². The number of aromatic nitrogens is 3. The first-order valence-electron chi connectivity index (χ1n) is 8.35. The van der Waals surface area contributed by atoms with Crippen LogP contribution in [0.15, 0.2) is 30.3 Å². The van der Waals surface area contributed by atoms with Crippen LogP contribution in [0, 0.1) is 12.8 Å². The van der Waals surface area contributed by atoms with Gasteiger partial charge in [0.05, 0.1) is 6.54 Å². The molecule has 0 aliphatic carbocycles. The highest BCUT2D eigenvalue weighted by Crippen LogP contribution is 2.14. The van der Waals surface area contributed by atoms with E-state index in [1.807, 2.05) is 62.7 Å². The number of hydrogen-bond donors (Lipinski definition) is 2. The van der Waals surface area contributed by atoms with Crippen LogP contribution in [0.5, 0.6) is 0 Å². The summed E-state index contributed by atoms with van der Waals surface area (Å²) in [5, 5.41) is 13.7. The zero-order chi connectivity index (χ0) is 18.4. The topological polar surface area (TPSA) is 88.9 Å². The van der Waals surface area contributed by atoms with Crippen molar-refractivity contribution >= 4 is 11.8 Å². The zero-order valence-electron chi connectivity index (χ0n) is 15.1. The molecule has 1 atom stereocenters. The third kappa shape index (κ3) is 5.14. The number of aryl methyl sites for hydroxylation is 1. The molecule has 0 saturated heterocycles. The van der Waals surface area contributed by atoms with E-state index in [9.17, 15) is 9.59 Å². The van der Waals surface area contributed by atoms with E-state index >= 15 is 0 Å². The van der Waals surface area contributed by atoms with Gasteiger partial charge in [0.15, 0.2) is 5.82 Å². The Hall–Kier alpha value is -2.70. The fourth-order valence-corrected chi connectivity index (χ4v) is 2.41. The average molecular weight is 343 g/mol. The van der Waals surface area contributed by atoms with Crippen LogP contribution >= 0.6 is 0 Å². The maximum absolute atomic E-state index is 12.7. The molecule has 0 saturated carbocycles. The number of carbonyl (C=O) groups is 2. The van der Waals surface area contributed by atoms with E-state index in [0.29, 0.717) is 12.2 Å². The van der Waals surface area contributed by atoms with Crippen molar-refractivity contribution in [3.05, 3.63) is 47.5 Å². The Morgan fingerprint density at radius 1 is 1.16 bits per heavy atom. The molecule has 1 aromatic heterocycles. The van der Waals surface area contributed by atoms with Crippen LogP contribution in [0.25, 0.3) is 0 Å². The van der Waals surface area contributed by atoms with E-state index in [1.54, 1.807) is 0 Å². The molecule has 0 fully saturated rings. The Morgan fingerprint density at radius 3 is 2.40 bits per heavy atom. The molecule has 7 nitrogen and oxygen atoms in total. The van der Waals surface area contributed by atoms with E-state index in [0.717, 1.165) is 11.4 Å². The molecule has 2 N–H and O–H groups in total. The number of nitrogens with zero attached hydrogens (tertiary/aromatic N) is 3. The fraction of sp³-hybridized carbons (Fsp3) is 0.444. The van der Waals surface area contributed by atoms with Gasteiger partial charge in [-0.15, -0.1) is 10.2 Å². The van der Waals surface area contributed by atoms with Crippen molar-refractivity contribution in [3.8, 4) is 0 Å². The largest absolute Gasteiger partial charge is 0.347 e. The lowest BCUT2D eigenvalue weighted by atomic mass is 10.0. The van der Waals surface area contributed by atoms with Gasteiger partial charge in [-0.25, -0.2) is 0 Å². The second kappa shape index (κ2) is 8.41. The van der Waals surface area contributed by atoms with Gasteiger partial charge in [-0.05, 0) is 18.4 Å². The molecule has 0 aliphatic rings. The molecule has 0 aliphatic heterocycles. The molecule has 25 heavy (non-hydrogen) atoms. The Labute approximate surface area is 147 Å². The Morgan fingerprint density at radius 2 is 1.84 bits per heavy atom. The van der Waals surface area contributed by atoms with Crippen LogP contribution in [0.2, 0.25) is 0 Å². The minimum absolute atomic E-state index is 0.145. The second-order valence-electron chi connectivity index (χ2n) is 6.45. The van der Waals surface area contributed by atoms with E-state index in [4.69, 9.17) is 0 Å². The lowest BCUT2D eigenvalue weighted by Crippen LogP contribution is -2.40. The number of rotatable bonds is 7. The molecule has 2 amide bonds. The minimum atomic E-state index is -0.734. The summed E-state index contributed by atoms with van der Waals surface area (Å²) in [6.07, 6.45) is 0.374. The first-order valence-corrected chi connectivity index (χ1v) is 8.35. The Bertz CT molecular complexity index is 724. The predicted octanol–water partition coefficient (Wildman–Crippen LogP) is 1.64. The molecule has 0 radical (unpaired) electrons. The number of nitrogens with one attached hydrogen (secondary N) is 2. The smallest absolute Gasteiger partial charge is 0.247 e. The van der Waals surface area contributed by atoms with Crippen LogP contribution < -0.4 is 10.6 Å². The summed E-state index contributed by atoms with van der Waals surface area (Å²) in [5.41, 5.74) is 0.742. The van der Waals surface area contributed by atoms with Crippen LogP contribution in [0.4, 0.5) is 0 Å². The van der Waals surface area contributed by atoms with Crippen molar-refractivity contribution in [2.24, 2.45) is 13.0 Å². The lowest BCUT2D eigenvalue weighted by molar-refractivity contribution is -0.129. The van der Waals surface area contributed by atoms with Crippen molar-refractivity contribution in [2.45, 2.75) is 39.8 Å². The highest BCUT2D eigenvalue weighted by atomic mass is 16.2. The average Bonchev–Trinajstić information content (AvgIpc) is 2.89. The minimum Gasteiger partial charge on any atom is -0.347 e. The maximum atomic E-state index is 12.7. The van der Waals surface area contributed by atoms with Gasteiger partial charge < -0.3 is 15.2 Å². The summed E-state index contributed by atoms with van der Waals surface area (Å²) >= 11 is 0. The maximum Gasteiger partial charge on any atom is 0.247 e. The molecule has 7 heteroatoms. The van der Waals surface area contributed by atoms with Gasteiger partial charge in [0.1, 0.15) is 11.9 Å². The molecule has 0 unspecified atom stereocenters. The highest BCUT2D eigenvalue weighted by Gasteiger charge is 2.23. The van der Waals surface area contributed by atoms with Crippen LogP contribution in [0.1, 0.15) is 43.5 Å². The predicted molar refractivity (Wildman–Crippen MR) is 94.4 cm³/mol. The first-order chi connectivity index (χ1) is 11.9. The highest BCUT2D eigenvalue weighted by molar-refractivity contribution is 5.88. The standard InChI is InChI=1S/C18H25N5O2/c1-12(2)10-16(24)20-17(14-8-6-5-7-9-14)18(25)19-11-15-22-21-13(3)23(15)4/h5-9,12,17H,10-11H2,1-4H3,(H,19,25)(H,20,24)/t17-/m1/s1. The molecule has 0 spiro atoms. The molecule has 1 aromatic carbocycles. The van der Waals surface area contributed by atoms with Crippen LogP contribution in [-0.4, -0.2) is 26.6 Å². The normalized spacial score (nSPS) is 12.0. The van der Waals surface area contributed by atoms with Gasteiger partial charge in [-0.3, -0.25) is 9.59 Å². The van der Waals surface area contributed by atoms with Crippen molar-refractivity contribution in [3.63, 3.8) is 0 Å². The van der Waals surface area contributed by atoms with Crippen molar-refractivity contribution in [1.82, 2.24) is 25.4 Å². The molecule has 134 valence electrons. The number of carbonyl (C=O) groups excluding carboxylic acids is 2. The summed E-state index contributed by atoms with van der Waals surface area (Å²) < 4.78 is 1.81. The van der Waals surface area contributed by atoms with Gasteiger partial charge in [0.2, 0.25) is 11.8 Å². The van der Waals surface area contributed by atoms with E-state index < -0.39 is 6.04 Å². The van der Waals surface area contributed by atoms with E-state index in [2.05, 4.69) is 20.8 Å². The Balaban J connectivity index is 2.09. The van der Waals surface area contributed by atoms with Crippen molar-refractivity contribution in [2.75, 3.05) is 0 Å². The number of amides is 2. The molecular formula is C18H25N5O2. The number of hydrogen-bond acceptors (Lipinski definition) is 4. The molecular weight excluding hydrogens is 318 g/mol. The summed E-state index contributed by atoms with van der Waals surface area (Å²) in [4.78, 5) is 24.8. The molecule has 2 aromatic rings. The summed E-state index contributed by atoms with van der Waals surface area (Å²) in [6.45, 7) is 6.03. The SMILES string of the molecule is Cc1nnc(CNC(=O)[C@H](NC(=O)CC(C)C)c2ccccc2)n1C. The lowest BCUT2D eigenvalue weighted by Gasteiger charge is -2.19. The molecule has 2 rings (SSSR count). The fourth-order valence-electron chi connectivity index (χ4n) is 2.41. The number of benzene rings is 1. The van der Waals surface area contributed by atoms with Crippen molar-refractivity contribution < 1.29 is 9.59 Å². The Kier molecular flexibility index (Phi) is 6.27. The van der Waals surface area contributed by atoms with Gasteiger partial charge in [0.25, 0.3) is 0 Å². The van der Waals surface area contributed by atoms with Crippen LogP contribution in [0.3, 0.4) is 0 Å². The summed E-state index contributed by atoms with van der Waals surface area (Å²) in [7, 11) is 1.84. The molecule has 1 heterocycles. The third-order valence-electron chi connectivity index (χ3n) is 3.90. The monoisotopic (exact) mass is 343 g/mol. The van der Waals surface area contributed by atoms with E-state index in [1.165, 1.54) is 0 Å². The summed E-state index contributed by atoms with van der Waals surface area (Å²) in [5.74, 6) is 1.24. The van der Waals surface area contributed by atoms with Gasteiger partial charge in [0, 0.05) is 13.5 Å². The second-order valence-corrected chi connectivity index (χ2v) is 6.45. The van der Waals surface area contributed by atoms with Crippen molar-refractivity contribution in [1.29, 1.82) is 0 Å². The first kappa shape index (κ1) is 18.6. The zero-order valence-corrected chi connectivity index (χ0v) is 15.1. The van der Waals surface area contributed by atoms with Gasteiger partial charge >= 0.3 is 0 Å². The third-order valence-corrected chi connectivity index (χ3v) is 3.90.